The molecule has 0 bridgehead atoms. The number of nitrogens with zero attached hydrogens (tertiary/aromatic N) is 2. The van der Waals surface area contributed by atoms with Gasteiger partial charge < -0.3 is 10.1 Å². The lowest BCUT2D eigenvalue weighted by atomic mass is 10.3. The lowest BCUT2D eigenvalue weighted by Gasteiger charge is -2.10. The van der Waals surface area contributed by atoms with Crippen molar-refractivity contribution in [1.29, 1.82) is 0 Å². The zero-order valence-electron chi connectivity index (χ0n) is 14.1. The van der Waals surface area contributed by atoms with Crippen LogP contribution in [0.1, 0.15) is 5.69 Å². The number of ether oxygens (including phenoxy) is 1. The first-order valence-corrected chi connectivity index (χ1v) is 8.80. The molecule has 2 aromatic carbocycles. The summed E-state index contributed by atoms with van der Waals surface area (Å²) in [5, 5.41) is 3.26. The highest BCUT2D eigenvalue weighted by Crippen LogP contribution is 2.25. The maximum atomic E-state index is 12.1. The van der Waals surface area contributed by atoms with E-state index < -0.39 is 6.36 Å². The molecule has 27 heavy (non-hydrogen) atoms. The Bertz CT molecular complexity index is 962. The van der Waals surface area contributed by atoms with Gasteiger partial charge >= 0.3 is 6.36 Å². The number of carbonyl (C=O) groups is 1. The summed E-state index contributed by atoms with van der Waals surface area (Å²) in [4.78, 5) is 21.0. The van der Waals surface area contributed by atoms with Crippen LogP contribution >= 0.6 is 11.8 Å². The van der Waals surface area contributed by atoms with Gasteiger partial charge in [-0.25, -0.2) is 9.97 Å². The van der Waals surface area contributed by atoms with Gasteiger partial charge in [0.2, 0.25) is 5.91 Å². The third-order valence-corrected chi connectivity index (χ3v) is 4.48. The first-order chi connectivity index (χ1) is 12.8. The molecule has 0 saturated heterocycles. The largest absolute Gasteiger partial charge is 0.573 e. The molecular formula is C18H14F3N3O2S. The first-order valence-electron chi connectivity index (χ1n) is 7.82. The third-order valence-electron chi connectivity index (χ3n) is 3.41. The predicted octanol–water partition coefficient (Wildman–Crippen LogP) is 4.57. The summed E-state index contributed by atoms with van der Waals surface area (Å²) in [7, 11) is 0. The number of benzene rings is 2. The van der Waals surface area contributed by atoms with Gasteiger partial charge in [-0.15, -0.1) is 13.2 Å². The minimum Gasteiger partial charge on any atom is -0.406 e. The van der Waals surface area contributed by atoms with Crippen molar-refractivity contribution >= 4 is 34.4 Å². The third kappa shape index (κ3) is 5.33. The average molecular weight is 393 g/mol. The molecule has 1 heterocycles. The molecule has 0 aliphatic carbocycles. The van der Waals surface area contributed by atoms with Gasteiger partial charge in [0.15, 0.2) is 0 Å². The van der Waals surface area contributed by atoms with Crippen molar-refractivity contribution in [2.75, 3.05) is 11.1 Å². The van der Waals surface area contributed by atoms with Gasteiger partial charge in [0.1, 0.15) is 10.8 Å². The van der Waals surface area contributed by atoms with Crippen LogP contribution in [0, 0.1) is 6.92 Å². The molecule has 0 aliphatic rings. The fraction of sp³-hybridized carbons (Fsp3) is 0.167. The van der Waals surface area contributed by atoms with E-state index in [4.69, 9.17) is 0 Å². The van der Waals surface area contributed by atoms with Crippen molar-refractivity contribution in [3.63, 3.8) is 0 Å². The van der Waals surface area contributed by atoms with Gasteiger partial charge in [-0.1, -0.05) is 23.9 Å². The molecule has 0 fully saturated rings. The fourth-order valence-corrected chi connectivity index (χ4v) is 3.04. The van der Waals surface area contributed by atoms with Crippen LogP contribution in [0.3, 0.4) is 0 Å². The minimum atomic E-state index is -4.75. The van der Waals surface area contributed by atoms with Crippen molar-refractivity contribution in [1.82, 2.24) is 9.97 Å². The fourth-order valence-electron chi connectivity index (χ4n) is 2.28. The van der Waals surface area contributed by atoms with Crippen molar-refractivity contribution in [3.8, 4) is 5.75 Å². The number of para-hydroxylation sites is 2. The van der Waals surface area contributed by atoms with E-state index in [0.717, 1.165) is 28.9 Å². The highest BCUT2D eigenvalue weighted by molar-refractivity contribution is 8.00. The van der Waals surface area contributed by atoms with E-state index in [-0.39, 0.29) is 17.4 Å². The molecule has 9 heteroatoms. The maximum absolute atomic E-state index is 12.1. The van der Waals surface area contributed by atoms with E-state index in [2.05, 4.69) is 20.0 Å². The number of hydrogen-bond donors (Lipinski definition) is 1. The summed E-state index contributed by atoms with van der Waals surface area (Å²) < 4.78 is 40.2. The van der Waals surface area contributed by atoms with Crippen LogP contribution in [0.25, 0.3) is 11.0 Å². The van der Waals surface area contributed by atoms with Gasteiger partial charge in [0, 0.05) is 5.69 Å². The number of fused-ring (bicyclic) bond motifs is 1. The monoisotopic (exact) mass is 393 g/mol. The van der Waals surface area contributed by atoms with Gasteiger partial charge in [-0.05, 0) is 43.3 Å². The number of alkyl halides is 3. The molecule has 0 saturated carbocycles. The molecular weight excluding hydrogens is 379 g/mol. The number of hydrogen-bond acceptors (Lipinski definition) is 5. The van der Waals surface area contributed by atoms with Crippen LogP contribution in [0.15, 0.2) is 53.6 Å². The van der Waals surface area contributed by atoms with Crippen LogP contribution < -0.4 is 10.1 Å². The van der Waals surface area contributed by atoms with Crippen LogP contribution in [0.2, 0.25) is 0 Å². The van der Waals surface area contributed by atoms with E-state index in [0.29, 0.717) is 10.7 Å². The van der Waals surface area contributed by atoms with Gasteiger partial charge in [-0.3, -0.25) is 4.79 Å². The standard InChI is InChI=1S/C18H14F3N3O2S/c1-11-17(24-15-5-3-2-4-14(15)22-11)27-10-16(25)23-12-6-8-13(9-7-12)26-18(19,20)21/h2-9H,10H2,1H3,(H,23,25). The van der Waals surface area contributed by atoms with Crippen molar-refractivity contribution < 1.29 is 22.7 Å². The topological polar surface area (TPSA) is 64.1 Å². The summed E-state index contributed by atoms with van der Waals surface area (Å²) in [6.45, 7) is 1.82. The molecule has 0 spiro atoms. The summed E-state index contributed by atoms with van der Waals surface area (Å²) in [5.74, 6) is -0.565. The molecule has 5 nitrogen and oxygen atoms in total. The normalized spacial score (nSPS) is 11.4. The van der Waals surface area contributed by atoms with E-state index in [1.54, 1.807) is 0 Å². The van der Waals surface area contributed by atoms with E-state index in [1.165, 1.54) is 23.9 Å². The summed E-state index contributed by atoms with van der Waals surface area (Å²) in [6.07, 6.45) is -4.75. The van der Waals surface area contributed by atoms with Gasteiger partial charge in [0.25, 0.3) is 0 Å². The SMILES string of the molecule is Cc1nc2ccccc2nc1SCC(=O)Nc1ccc(OC(F)(F)F)cc1. The number of nitrogens with one attached hydrogen (secondary N) is 1. The predicted molar refractivity (Wildman–Crippen MR) is 96.8 cm³/mol. The second-order valence-electron chi connectivity index (χ2n) is 5.51. The molecule has 0 unspecified atom stereocenters. The van der Waals surface area contributed by atoms with Crippen LogP contribution in [0.4, 0.5) is 18.9 Å². The lowest BCUT2D eigenvalue weighted by Crippen LogP contribution is -2.17. The highest BCUT2D eigenvalue weighted by Gasteiger charge is 2.30. The quantitative estimate of drug-likeness (QED) is 0.644. The molecule has 0 aliphatic heterocycles. The highest BCUT2D eigenvalue weighted by atomic mass is 32.2. The lowest BCUT2D eigenvalue weighted by molar-refractivity contribution is -0.274. The second kappa shape index (κ2) is 7.83. The van der Waals surface area contributed by atoms with Crippen LogP contribution in [-0.2, 0) is 4.79 Å². The molecule has 0 atom stereocenters. The number of halogens is 3. The number of anilines is 1. The summed E-state index contributed by atoms with van der Waals surface area (Å²) in [6, 6.07) is 12.4. The Kier molecular flexibility index (Phi) is 5.50. The Morgan fingerprint density at radius 1 is 1.07 bits per heavy atom. The molecule has 0 radical (unpaired) electrons. The Balaban J connectivity index is 1.59. The summed E-state index contributed by atoms with van der Waals surface area (Å²) >= 11 is 1.24. The number of carbonyl (C=O) groups excluding carboxylic acids is 1. The van der Waals surface area contributed by atoms with Crippen LogP contribution in [-0.4, -0.2) is 28.0 Å². The minimum absolute atomic E-state index is 0.0919. The Labute approximate surface area is 157 Å². The number of aromatic nitrogens is 2. The van der Waals surface area contributed by atoms with E-state index in [9.17, 15) is 18.0 Å². The number of rotatable bonds is 5. The number of thioether (sulfide) groups is 1. The average Bonchev–Trinajstić information content (AvgIpc) is 2.60. The Hall–Kier alpha value is -2.81. The van der Waals surface area contributed by atoms with Gasteiger partial charge in [-0.2, -0.15) is 0 Å². The van der Waals surface area contributed by atoms with E-state index in [1.807, 2.05) is 31.2 Å². The summed E-state index contributed by atoms with van der Waals surface area (Å²) in [5.41, 5.74) is 2.62. The molecule has 1 N–H and O–H groups in total. The molecule has 140 valence electrons. The van der Waals surface area contributed by atoms with Crippen molar-refractivity contribution in [2.24, 2.45) is 0 Å². The zero-order valence-corrected chi connectivity index (χ0v) is 14.9. The maximum Gasteiger partial charge on any atom is 0.573 e. The smallest absolute Gasteiger partial charge is 0.406 e. The number of aryl methyl sites for hydroxylation is 1. The van der Waals surface area contributed by atoms with Gasteiger partial charge in [0.05, 0.1) is 22.5 Å². The first kappa shape index (κ1) is 19.0. The van der Waals surface area contributed by atoms with E-state index >= 15 is 0 Å². The zero-order chi connectivity index (χ0) is 19.4. The van der Waals surface area contributed by atoms with Crippen molar-refractivity contribution in [2.45, 2.75) is 18.3 Å². The second-order valence-corrected chi connectivity index (χ2v) is 6.48. The van der Waals surface area contributed by atoms with Crippen molar-refractivity contribution in [3.05, 3.63) is 54.2 Å². The molecule has 1 aromatic heterocycles. The Morgan fingerprint density at radius 2 is 1.70 bits per heavy atom. The number of amides is 1. The molecule has 3 aromatic rings. The Morgan fingerprint density at radius 3 is 2.33 bits per heavy atom. The molecule has 3 rings (SSSR count). The molecule has 1 amide bonds. The van der Waals surface area contributed by atoms with Crippen LogP contribution in [0.5, 0.6) is 5.75 Å².